The average molecular weight is 159 g/mol. The molecule has 1 fully saturated rings. The van der Waals surface area contributed by atoms with Gasteiger partial charge in [-0.3, -0.25) is 4.79 Å². The molecular formula is C7H13NO3. The van der Waals surface area contributed by atoms with Gasteiger partial charge in [0, 0.05) is 13.0 Å². The third-order valence-corrected chi connectivity index (χ3v) is 1.89. The predicted octanol–water partition coefficient (Wildman–Crippen LogP) is 0.172. The van der Waals surface area contributed by atoms with E-state index in [9.17, 15) is 4.79 Å². The van der Waals surface area contributed by atoms with Crippen LogP contribution < -0.4 is 5.73 Å². The molecule has 0 radical (unpaired) electrons. The highest BCUT2D eigenvalue weighted by Gasteiger charge is 2.21. The normalized spacial score (nSPS) is 31.7. The smallest absolute Gasteiger partial charge is 0.303 e. The molecule has 1 rings (SSSR count). The fourth-order valence-electron chi connectivity index (χ4n) is 1.33. The summed E-state index contributed by atoms with van der Waals surface area (Å²) in [5, 5.41) is 8.47. The standard InChI is InChI=1S/C7H13NO3/c8-6-3-5(1-2-11-6)4-7(9)10/h5-6H,1-4,8H2,(H,9,10)/t5-,6+/m0/s1. The highest BCUT2D eigenvalue weighted by atomic mass is 16.5. The SMILES string of the molecule is N[C@H]1C[C@@H](CC(=O)O)CCO1. The first-order valence-corrected chi connectivity index (χ1v) is 3.77. The van der Waals surface area contributed by atoms with Crippen LogP contribution in [0.5, 0.6) is 0 Å². The topological polar surface area (TPSA) is 72.6 Å². The van der Waals surface area contributed by atoms with Gasteiger partial charge in [0.05, 0.1) is 0 Å². The fraction of sp³-hybridized carbons (Fsp3) is 0.857. The quantitative estimate of drug-likeness (QED) is 0.602. The van der Waals surface area contributed by atoms with Gasteiger partial charge in [0.1, 0.15) is 6.23 Å². The summed E-state index contributed by atoms with van der Waals surface area (Å²) < 4.78 is 5.07. The predicted molar refractivity (Wildman–Crippen MR) is 38.9 cm³/mol. The van der Waals surface area contributed by atoms with Crippen molar-refractivity contribution in [3.8, 4) is 0 Å². The number of carboxylic acid groups (broad SMARTS) is 1. The molecule has 0 aliphatic carbocycles. The molecule has 0 saturated carbocycles. The van der Waals surface area contributed by atoms with Crippen LogP contribution in [0.25, 0.3) is 0 Å². The number of ether oxygens (including phenoxy) is 1. The molecule has 0 spiro atoms. The number of aliphatic carboxylic acids is 1. The van der Waals surface area contributed by atoms with E-state index in [1.807, 2.05) is 0 Å². The van der Waals surface area contributed by atoms with Crippen molar-refractivity contribution in [1.29, 1.82) is 0 Å². The highest BCUT2D eigenvalue weighted by molar-refractivity contribution is 5.67. The average Bonchev–Trinajstić information content (AvgIpc) is 1.85. The molecule has 1 saturated heterocycles. The summed E-state index contributed by atoms with van der Waals surface area (Å²) in [6, 6.07) is 0. The van der Waals surface area contributed by atoms with Crippen molar-refractivity contribution in [1.82, 2.24) is 0 Å². The molecule has 1 aliphatic rings. The van der Waals surface area contributed by atoms with Crippen LogP contribution in [0.3, 0.4) is 0 Å². The van der Waals surface area contributed by atoms with Gasteiger partial charge in [-0.2, -0.15) is 0 Å². The summed E-state index contributed by atoms with van der Waals surface area (Å²) in [6.45, 7) is 0.596. The van der Waals surface area contributed by atoms with Crippen molar-refractivity contribution in [2.24, 2.45) is 11.7 Å². The minimum absolute atomic E-state index is 0.205. The molecule has 11 heavy (non-hydrogen) atoms. The van der Waals surface area contributed by atoms with Gasteiger partial charge >= 0.3 is 5.97 Å². The van der Waals surface area contributed by atoms with Crippen molar-refractivity contribution in [3.05, 3.63) is 0 Å². The minimum atomic E-state index is -0.746. The van der Waals surface area contributed by atoms with Crippen LogP contribution in [-0.4, -0.2) is 23.9 Å². The number of rotatable bonds is 2. The molecule has 1 heterocycles. The van der Waals surface area contributed by atoms with Crippen molar-refractivity contribution in [2.75, 3.05) is 6.61 Å². The Bertz CT molecular complexity index is 149. The molecule has 0 aromatic rings. The van der Waals surface area contributed by atoms with E-state index in [2.05, 4.69) is 0 Å². The monoisotopic (exact) mass is 159 g/mol. The molecule has 1 aliphatic heterocycles. The Hall–Kier alpha value is -0.610. The van der Waals surface area contributed by atoms with E-state index in [-0.39, 0.29) is 18.6 Å². The maximum absolute atomic E-state index is 10.3. The highest BCUT2D eigenvalue weighted by Crippen LogP contribution is 2.20. The van der Waals surface area contributed by atoms with Crippen LogP contribution in [0.4, 0.5) is 0 Å². The number of carboxylic acids is 1. The molecule has 0 bridgehead atoms. The molecule has 4 heteroatoms. The molecule has 0 aromatic heterocycles. The molecule has 0 amide bonds. The minimum Gasteiger partial charge on any atom is -0.481 e. The largest absolute Gasteiger partial charge is 0.481 e. The molecule has 64 valence electrons. The first kappa shape index (κ1) is 8.49. The second kappa shape index (κ2) is 3.69. The first-order valence-electron chi connectivity index (χ1n) is 3.77. The van der Waals surface area contributed by atoms with Crippen LogP contribution in [0, 0.1) is 5.92 Å². The zero-order valence-electron chi connectivity index (χ0n) is 6.32. The molecular weight excluding hydrogens is 146 g/mol. The molecule has 0 aromatic carbocycles. The van der Waals surface area contributed by atoms with E-state index in [1.165, 1.54) is 0 Å². The van der Waals surface area contributed by atoms with Gasteiger partial charge in [0.2, 0.25) is 0 Å². The number of carbonyl (C=O) groups is 1. The van der Waals surface area contributed by atoms with Crippen molar-refractivity contribution in [2.45, 2.75) is 25.5 Å². The van der Waals surface area contributed by atoms with Crippen molar-refractivity contribution in [3.63, 3.8) is 0 Å². The lowest BCUT2D eigenvalue weighted by Gasteiger charge is -2.25. The van der Waals surface area contributed by atoms with Gasteiger partial charge in [0.25, 0.3) is 0 Å². The second-order valence-electron chi connectivity index (χ2n) is 2.90. The zero-order valence-corrected chi connectivity index (χ0v) is 6.32. The Kier molecular flexibility index (Phi) is 2.84. The molecule has 3 N–H and O–H groups in total. The molecule has 2 atom stereocenters. The Morgan fingerprint density at radius 1 is 1.73 bits per heavy atom. The Labute approximate surface area is 65.3 Å². The summed E-state index contributed by atoms with van der Waals surface area (Å²) >= 11 is 0. The van der Waals surface area contributed by atoms with Crippen LogP contribution in [0.2, 0.25) is 0 Å². The summed E-state index contributed by atoms with van der Waals surface area (Å²) in [5.74, 6) is -0.541. The van der Waals surface area contributed by atoms with Gasteiger partial charge in [-0.1, -0.05) is 0 Å². The van der Waals surface area contributed by atoms with Gasteiger partial charge in [0.15, 0.2) is 0 Å². The summed E-state index contributed by atoms with van der Waals surface area (Å²) in [5.41, 5.74) is 5.49. The maximum atomic E-state index is 10.3. The van der Waals surface area contributed by atoms with Crippen LogP contribution >= 0.6 is 0 Å². The Morgan fingerprint density at radius 3 is 3.00 bits per heavy atom. The van der Waals surface area contributed by atoms with E-state index >= 15 is 0 Å². The lowest BCUT2D eigenvalue weighted by molar-refractivity contribution is -0.139. The first-order chi connectivity index (χ1) is 5.18. The van der Waals surface area contributed by atoms with E-state index < -0.39 is 5.97 Å². The fourth-order valence-corrected chi connectivity index (χ4v) is 1.33. The number of nitrogens with two attached hydrogens (primary N) is 1. The summed E-state index contributed by atoms with van der Waals surface area (Å²) in [4.78, 5) is 10.3. The molecule has 0 unspecified atom stereocenters. The Balaban J connectivity index is 2.28. The maximum Gasteiger partial charge on any atom is 0.303 e. The summed E-state index contributed by atoms with van der Waals surface area (Å²) in [6.07, 6.45) is 1.46. The van der Waals surface area contributed by atoms with Crippen molar-refractivity contribution >= 4 is 5.97 Å². The summed E-state index contributed by atoms with van der Waals surface area (Å²) in [7, 11) is 0. The van der Waals surface area contributed by atoms with E-state index in [0.29, 0.717) is 13.0 Å². The molecule has 4 nitrogen and oxygen atoms in total. The van der Waals surface area contributed by atoms with Crippen LogP contribution in [-0.2, 0) is 9.53 Å². The second-order valence-corrected chi connectivity index (χ2v) is 2.90. The third kappa shape index (κ3) is 2.86. The van der Waals surface area contributed by atoms with Crippen LogP contribution in [0.1, 0.15) is 19.3 Å². The van der Waals surface area contributed by atoms with Gasteiger partial charge in [-0.15, -0.1) is 0 Å². The Morgan fingerprint density at radius 2 is 2.45 bits per heavy atom. The van der Waals surface area contributed by atoms with E-state index in [1.54, 1.807) is 0 Å². The van der Waals surface area contributed by atoms with E-state index in [0.717, 1.165) is 6.42 Å². The lowest BCUT2D eigenvalue weighted by atomic mass is 9.95. The lowest BCUT2D eigenvalue weighted by Crippen LogP contribution is -2.33. The third-order valence-electron chi connectivity index (χ3n) is 1.89. The van der Waals surface area contributed by atoms with Gasteiger partial charge in [-0.05, 0) is 18.8 Å². The number of hydrogen-bond acceptors (Lipinski definition) is 3. The van der Waals surface area contributed by atoms with Gasteiger partial charge < -0.3 is 15.6 Å². The van der Waals surface area contributed by atoms with Crippen LogP contribution in [0.15, 0.2) is 0 Å². The zero-order chi connectivity index (χ0) is 8.27. The van der Waals surface area contributed by atoms with Crippen molar-refractivity contribution < 1.29 is 14.6 Å². The van der Waals surface area contributed by atoms with E-state index in [4.69, 9.17) is 15.6 Å². The number of hydrogen-bond donors (Lipinski definition) is 2. The van der Waals surface area contributed by atoms with Gasteiger partial charge in [-0.25, -0.2) is 0 Å².